The Hall–Kier alpha value is -2.35. The summed E-state index contributed by atoms with van der Waals surface area (Å²) in [5.41, 5.74) is 0.702. The number of hydrogen-bond donors (Lipinski definition) is 1. The topological polar surface area (TPSA) is 61.7 Å². The molecule has 1 aromatic heterocycles. The van der Waals surface area contributed by atoms with Gasteiger partial charge in [-0.2, -0.15) is 5.26 Å². The van der Waals surface area contributed by atoms with Gasteiger partial charge in [0.2, 0.25) is 5.88 Å². The first-order chi connectivity index (χ1) is 7.70. The molecule has 0 amide bonds. The van der Waals surface area contributed by atoms with Gasteiger partial charge in [0.1, 0.15) is 23.2 Å². The van der Waals surface area contributed by atoms with Crippen LogP contribution in [-0.4, -0.2) is 10.2 Å². The summed E-state index contributed by atoms with van der Waals surface area (Å²) < 4.78 is 18.5. The van der Waals surface area contributed by atoms with Gasteiger partial charge in [-0.05, 0) is 19.1 Å². The van der Waals surface area contributed by atoms with E-state index in [4.69, 9.17) is 10.00 Å². The second-order valence-corrected chi connectivity index (χ2v) is 3.22. The third-order valence-corrected chi connectivity index (χ3v) is 1.98. The first-order valence-electron chi connectivity index (χ1n) is 4.59. The van der Waals surface area contributed by atoms with Crippen molar-refractivity contribution in [2.45, 2.75) is 6.92 Å². The Morgan fingerprint density at radius 3 is 2.94 bits per heavy atom. The Kier molecular flexibility index (Phi) is 2.56. The summed E-state index contributed by atoms with van der Waals surface area (Å²) in [6.45, 7) is 1.82. The van der Waals surface area contributed by atoms with Crippen molar-refractivity contribution in [2.24, 2.45) is 0 Å². The van der Waals surface area contributed by atoms with Crippen LogP contribution in [0.5, 0.6) is 11.6 Å². The standard InChI is InChI=1S/C11H8FN3O/c1-7-5-11(15-14-7)16-10-4-2-3-9(12)8(10)6-13/h2-5H,1H3,(H,14,15). The lowest BCUT2D eigenvalue weighted by Crippen LogP contribution is -1.91. The van der Waals surface area contributed by atoms with Crippen LogP contribution in [-0.2, 0) is 0 Å². The van der Waals surface area contributed by atoms with E-state index in [1.807, 2.05) is 6.92 Å². The molecule has 5 heteroatoms. The van der Waals surface area contributed by atoms with Crippen LogP contribution in [0.15, 0.2) is 24.3 Å². The van der Waals surface area contributed by atoms with E-state index in [0.29, 0.717) is 5.88 Å². The van der Waals surface area contributed by atoms with Gasteiger partial charge in [-0.3, -0.25) is 5.10 Å². The number of nitrogens with one attached hydrogen (secondary N) is 1. The maximum atomic E-state index is 13.2. The Balaban J connectivity index is 2.35. The first-order valence-corrected chi connectivity index (χ1v) is 4.59. The van der Waals surface area contributed by atoms with E-state index in [1.165, 1.54) is 18.2 Å². The van der Waals surface area contributed by atoms with E-state index in [-0.39, 0.29) is 11.3 Å². The zero-order valence-electron chi connectivity index (χ0n) is 8.49. The van der Waals surface area contributed by atoms with Crippen LogP contribution >= 0.6 is 0 Å². The van der Waals surface area contributed by atoms with Crippen LogP contribution in [0.4, 0.5) is 4.39 Å². The molecule has 0 saturated carbocycles. The Labute approximate surface area is 91.3 Å². The van der Waals surface area contributed by atoms with Crippen LogP contribution in [0.3, 0.4) is 0 Å². The molecule has 0 spiro atoms. The van der Waals surface area contributed by atoms with E-state index in [0.717, 1.165) is 5.69 Å². The smallest absolute Gasteiger partial charge is 0.238 e. The lowest BCUT2D eigenvalue weighted by molar-refractivity contribution is 0.455. The monoisotopic (exact) mass is 217 g/mol. The highest BCUT2D eigenvalue weighted by molar-refractivity contribution is 5.45. The summed E-state index contributed by atoms with van der Waals surface area (Å²) in [6.07, 6.45) is 0. The van der Waals surface area contributed by atoms with E-state index < -0.39 is 5.82 Å². The molecule has 2 aromatic rings. The quantitative estimate of drug-likeness (QED) is 0.840. The average Bonchev–Trinajstić information content (AvgIpc) is 2.64. The number of H-pyrrole nitrogens is 1. The van der Waals surface area contributed by atoms with E-state index in [9.17, 15) is 4.39 Å². The Morgan fingerprint density at radius 2 is 2.31 bits per heavy atom. The highest BCUT2D eigenvalue weighted by Gasteiger charge is 2.10. The Morgan fingerprint density at radius 1 is 1.50 bits per heavy atom. The van der Waals surface area contributed by atoms with E-state index >= 15 is 0 Å². The van der Waals surface area contributed by atoms with Crippen LogP contribution in [0.2, 0.25) is 0 Å². The van der Waals surface area contributed by atoms with Crippen molar-refractivity contribution in [2.75, 3.05) is 0 Å². The lowest BCUT2D eigenvalue weighted by atomic mass is 10.2. The minimum atomic E-state index is -0.604. The fraction of sp³-hybridized carbons (Fsp3) is 0.0909. The van der Waals surface area contributed by atoms with E-state index in [1.54, 1.807) is 12.1 Å². The number of nitriles is 1. The minimum absolute atomic E-state index is 0.122. The molecule has 0 atom stereocenters. The van der Waals surface area contributed by atoms with Gasteiger partial charge in [0.25, 0.3) is 0 Å². The number of aryl methyl sites for hydroxylation is 1. The average molecular weight is 217 g/mol. The summed E-state index contributed by atoms with van der Waals surface area (Å²) in [4.78, 5) is 0. The largest absolute Gasteiger partial charge is 0.436 e. The summed E-state index contributed by atoms with van der Waals surface area (Å²) in [5, 5.41) is 15.3. The number of hydrogen-bond acceptors (Lipinski definition) is 3. The number of ether oxygens (including phenoxy) is 1. The number of aromatic amines is 1. The molecule has 1 N–H and O–H groups in total. The first kappa shape index (κ1) is 10.2. The molecule has 1 heterocycles. The molecule has 1 aromatic carbocycles. The predicted molar refractivity (Wildman–Crippen MR) is 54.5 cm³/mol. The highest BCUT2D eigenvalue weighted by atomic mass is 19.1. The van der Waals surface area contributed by atoms with Gasteiger partial charge in [-0.25, -0.2) is 4.39 Å². The molecule has 0 fully saturated rings. The number of nitrogens with zero attached hydrogens (tertiary/aromatic N) is 2. The lowest BCUT2D eigenvalue weighted by Gasteiger charge is -2.03. The van der Waals surface area contributed by atoms with Gasteiger partial charge < -0.3 is 4.74 Å². The van der Waals surface area contributed by atoms with Crippen molar-refractivity contribution in [1.29, 1.82) is 5.26 Å². The number of halogens is 1. The number of benzene rings is 1. The highest BCUT2D eigenvalue weighted by Crippen LogP contribution is 2.25. The summed E-state index contributed by atoms with van der Waals surface area (Å²) in [6, 6.07) is 7.62. The predicted octanol–water partition coefficient (Wildman–Crippen LogP) is 2.52. The molecular formula is C11H8FN3O. The molecule has 16 heavy (non-hydrogen) atoms. The molecule has 80 valence electrons. The van der Waals surface area contributed by atoms with Crippen molar-refractivity contribution >= 4 is 0 Å². The number of aromatic nitrogens is 2. The van der Waals surface area contributed by atoms with Gasteiger partial charge in [-0.15, -0.1) is 5.10 Å². The summed E-state index contributed by atoms with van der Waals surface area (Å²) in [5.74, 6) is -0.138. The maximum Gasteiger partial charge on any atom is 0.238 e. The normalized spacial score (nSPS) is 9.81. The van der Waals surface area contributed by atoms with Gasteiger partial charge in [0, 0.05) is 11.8 Å². The molecule has 0 aliphatic rings. The second kappa shape index (κ2) is 4.03. The fourth-order valence-corrected chi connectivity index (χ4v) is 1.26. The molecule has 0 aliphatic heterocycles. The second-order valence-electron chi connectivity index (χ2n) is 3.22. The Bertz CT molecular complexity index is 557. The molecule has 0 unspecified atom stereocenters. The fourth-order valence-electron chi connectivity index (χ4n) is 1.26. The van der Waals surface area contributed by atoms with Crippen LogP contribution < -0.4 is 4.74 Å². The van der Waals surface area contributed by atoms with Gasteiger partial charge in [-0.1, -0.05) is 6.07 Å². The molecule has 2 rings (SSSR count). The molecular weight excluding hydrogens is 209 g/mol. The molecule has 4 nitrogen and oxygen atoms in total. The maximum absolute atomic E-state index is 13.2. The SMILES string of the molecule is Cc1cc(Oc2cccc(F)c2C#N)n[nH]1. The third-order valence-electron chi connectivity index (χ3n) is 1.98. The van der Waals surface area contributed by atoms with E-state index in [2.05, 4.69) is 10.2 Å². The molecule has 0 saturated heterocycles. The summed E-state index contributed by atoms with van der Waals surface area (Å²) >= 11 is 0. The van der Waals surface area contributed by atoms with Gasteiger partial charge in [0.15, 0.2) is 0 Å². The third kappa shape index (κ3) is 1.86. The number of rotatable bonds is 2. The van der Waals surface area contributed by atoms with Crippen molar-refractivity contribution in [1.82, 2.24) is 10.2 Å². The zero-order valence-corrected chi connectivity index (χ0v) is 8.49. The molecule has 0 bridgehead atoms. The van der Waals surface area contributed by atoms with Crippen molar-refractivity contribution in [3.8, 4) is 17.7 Å². The van der Waals surface area contributed by atoms with Gasteiger partial charge >= 0.3 is 0 Å². The molecule has 0 radical (unpaired) electrons. The van der Waals surface area contributed by atoms with Crippen molar-refractivity contribution < 1.29 is 9.13 Å². The van der Waals surface area contributed by atoms with Crippen LogP contribution in [0, 0.1) is 24.1 Å². The molecule has 0 aliphatic carbocycles. The van der Waals surface area contributed by atoms with Crippen molar-refractivity contribution in [3.63, 3.8) is 0 Å². The van der Waals surface area contributed by atoms with Gasteiger partial charge in [0.05, 0.1) is 0 Å². The summed E-state index contributed by atoms with van der Waals surface area (Å²) in [7, 11) is 0. The van der Waals surface area contributed by atoms with Crippen LogP contribution in [0.25, 0.3) is 0 Å². The van der Waals surface area contributed by atoms with Crippen LogP contribution in [0.1, 0.15) is 11.3 Å². The zero-order chi connectivity index (χ0) is 11.5. The van der Waals surface area contributed by atoms with Crippen molar-refractivity contribution in [3.05, 3.63) is 41.3 Å². The minimum Gasteiger partial charge on any atom is -0.436 e.